The Morgan fingerprint density at radius 3 is 2.67 bits per heavy atom. The lowest BCUT2D eigenvalue weighted by Crippen LogP contribution is -2.16. The van der Waals surface area contributed by atoms with Crippen LogP contribution in [-0.4, -0.2) is 4.98 Å². The van der Waals surface area contributed by atoms with Crippen molar-refractivity contribution < 1.29 is 0 Å². The summed E-state index contributed by atoms with van der Waals surface area (Å²) in [5, 5.41) is 1.96. The van der Waals surface area contributed by atoms with Crippen LogP contribution >= 0.6 is 24.0 Å². The molecule has 2 aromatic carbocycles. The van der Waals surface area contributed by atoms with Gasteiger partial charge in [0.05, 0.1) is 5.52 Å². The zero-order chi connectivity index (χ0) is 15.8. The highest BCUT2D eigenvalue weighted by molar-refractivity contribution is 6.31. The summed E-state index contributed by atoms with van der Waals surface area (Å²) < 4.78 is 0. The summed E-state index contributed by atoms with van der Waals surface area (Å²) in [5.41, 5.74) is 6.39. The summed E-state index contributed by atoms with van der Waals surface area (Å²) >= 11 is 6.29. The predicted molar refractivity (Wildman–Crippen MR) is 105 cm³/mol. The van der Waals surface area contributed by atoms with Crippen molar-refractivity contribution in [1.29, 1.82) is 0 Å². The summed E-state index contributed by atoms with van der Waals surface area (Å²) in [5.74, 6) is 0.767. The van der Waals surface area contributed by atoms with Crippen LogP contribution in [0.1, 0.15) is 31.0 Å². The van der Waals surface area contributed by atoms with Gasteiger partial charge in [-0.15, -0.1) is 12.4 Å². The molecule has 0 bridgehead atoms. The molecule has 1 unspecified atom stereocenters. The third-order valence-electron chi connectivity index (χ3n) is 5.06. The average molecular weight is 358 g/mol. The minimum Gasteiger partial charge on any atom is -0.253 e. The Morgan fingerprint density at radius 1 is 1.12 bits per heavy atom. The lowest BCUT2D eigenvalue weighted by Gasteiger charge is -2.26. The van der Waals surface area contributed by atoms with Crippen molar-refractivity contribution in [2.45, 2.75) is 32.6 Å². The molecular weight excluding hydrogens is 337 g/mol. The second-order valence-electron chi connectivity index (χ2n) is 6.46. The van der Waals surface area contributed by atoms with E-state index in [0.717, 1.165) is 29.3 Å². The van der Waals surface area contributed by atoms with Crippen LogP contribution in [0.3, 0.4) is 0 Å². The highest BCUT2D eigenvalue weighted by Crippen LogP contribution is 2.39. The van der Waals surface area contributed by atoms with Crippen molar-refractivity contribution in [3.63, 3.8) is 0 Å². The lowest BCUT2D eigenvalue weighted by molar-refractivity contribution is 0.441. The zero-order valence-corrected chi connectivity index (χ0v) is 15.3. The van der Waals surface area contributed by atoms with Crippen molar-refractivity contribution in [3.05, 3.63) is 64.8 Å². The molecule has 0 N–H and O–H groups in total. The Labute approximate surface area is 154 Å². The number of halogens is 2. The number of hydrogen-bond donors (Lipinski definition) is 0. The number of fused-ring (bicyclic) bond motifs is 2. The van der Waals surface area contributed by atoms with Gasteiger partial charge >= 0.3 is 0 Å². The number of hydrogen-bond acceptors (Lipinski definition) is 1. The van der Waals surface area contributed by atoms with E-state index in [0.29, 0.717) is 0 Å². The number of rotatable bonds is 2. The van der Waals surface area contributed by atoms with E-state index in [4.69, 9.17) is 16.6 Å². The van der Waals surface area contributed by atoms with Gasteiger partial charge in [-0.2, -0.15) is 0 Å². The molecule has 1 aliphatic rings. The summed E-state index contributed by atoms with van der Waals surface area (Å²) in [6, 6.07) is 16.8. The summed E-state index contributed by atoms with van der Waals surface area (Å²) in [4.78, 5) is 4.95. The fourth-order valence-electron chi connectivity index (χ4n) is 3.77. The molecule has 0 aliphatic heterocycles. The molecule has 0 saturated heterocycles. The van der Waals surface area contributed by atoms with E-state index >= 15 is 0 Å². The van der Waals surface area contributed by atoms with E-state index in [9.17, 15) is 0 Å². The molecule has 0 fully saturated rings. The zero-order valence-electron chi connectivity index (χ0n) is 13.8. The van der Waals surface area contributed by atoms with E-state index < -0.39 is 0 Å². The second-order valence-corrected chi connectivity index (χ2v) is 6.89. The van der Waals surface area contributed by atoms with E-state index in [1.54, 1.807) is 0 Å². The summed E-state index contributed by atoms with van der Waals surface area (Å²) in [6.07, 6.45) is 4.71. The predicted octanol–water partition coefficient (Wildman–Crippen LogP) is 6.49. The molecule has 0 amide bonds. The lowest BCUT2D eigenvalue weighted by atomic mass is 9.80. The van der Waals surface area contributed by atoms with Crippen LogP contribution < -0.4 is 0 Å². The Balaban J connectivity index is 0.00000169. The molecule has 3 aromatic rings. The number of benzene rings is 2. The largest absolute Gasteiger partial charge is 0.253 e. The maximum Gasteiger partial charge on any atom is 0.0712 e. The van der Waals surface area contributed by atoms with Crippen LogP contribution in [0.5, 0.6) is 0 Å². The van der Waals surface area contributed by atoms with E-state index in [-0.39, 0.29) is 12.4 Å². The topological polar surface area (TPSA) is 12.9 Å². The smallest absolute Gasteiger partial charge is 0.0712 e. The van der Waals surface area contributed by atoms with Crippen molar-refractivity contribution in [3.8, 4) is 11.1 Å². The molecule has 24 heavy (non-hydrogen) atoms. The summed E-state index contributed by atoms with van der Waals surface area (Å²) in [6.45, 7) is 2.29. The van der Waals surface area contributed by atoms with Gasteiger partial charge in [0.25, 0.3) is 0 Å². The Morgan fingerprint density at radius 2 is 1.92 bits per heavy atom. The number of pyridine rings is 1. The Hall–Kier alpha value is -1.57. The van der Waals surface area contributed by atoms with Crippen molar-refractivity contribution in [2.24, 2.45) is 5.92 Å². The van der Waals surface area contributed by atoms with E-state index in [2.05, 4.69) is 49.4 Å². The van der Waals surface area contributed by atoms with E-state index in [1.165, 1.54) is 40.6 Å². The van der Waals surface area contributed by atoms with E-state index in [1.807, 2.05) is 6.07 Å². The standard InChI is InChI=1S/C21H20ClN.ClH/c1-2-14-8-10-19-17(12-14)21(15-6-4-3-5-7-15)18-13-16(22)9-11-20(18)23-19;/h3-7,9,11,13-14H,2,8,10,12H2,1H3;1H. The van der Waals surface area contributed by atoms with Crippen LogP contribution in [0.15, 0.2) is 48.5 Å². The first-order valence-corrected chi connectivity index (χ1v) is 8.80. The average Bonchev–Trinajstić information content (AvgIpc) is 2.60. The monoisotopic (exact) mass is 357 g/mol. The van der Waals surface area contributed by atoms with Gasteiger partial charge in [0, 0.05) is 16.1 Å². The first-order chi connectivity index (χ1) is 11.3. The van der Waals surface area contributed by atoms with Gasteiger partial charge < -0.3 is 0 Å². The second kappa shape index (κ2) is 7.13. The Bertz CT molecular complexity index is 859. The van der Waals surface area contributed by atoms with Crippen LogP contribution in [0.2, 0.25) is 5.02 Å². The molecule has 1 nitrogen and oxygen atoms in total. The van der Waals surface area contributed by atoms with Gasteiger partial charge in [-0.3, -0.25) is 4.98 Å². The minimum atomic E-state index is 0. The molecule has 1 heterocycles. The highest BCUT2D eigenvalue weighted by atomic mass is 35.5. The fraction of sp³-hybridized carbons (Fsp3) is 0.286. The third-order valence-corrected chi connectivity index (χ3v) is 5.29. The van der Waals surface area contributed by atoms with Gasteiger partial charge in [-0.05, 0) is 60.1 Å². The van der Waals surface area contributed by atoms with Crippen molar-refractivity contribution in [2.75, 3.05) is 0 Å². The molecular formula is C21H21Cl2N. The van der Waals surface area contributed by atoms with Gasteiger partial charge in [-0.25, -0.2) is 0 Å². The van der Waals surface area contributed by atoms with Gasteiger partial charge in [0.1, 0.15) is 0 Å². The molecule has 1 atom stereocenters. The summed E-state index contributed by atoms with van der Waals surface area (Å²) in [7, 11) is 0. The normalized spacial score (nSPS) is 16.5. The first kappa shape index (κ1) is 17.3. The molecule has 0 spiro atoms. The molecule has 4 rings (SSSR count). The van der Waals surface area contributed by atoms with Gasteiger partial charge in [-0.1, -0.05) is 55.3 Å². The SMILES string of the molecule is CCC1CCc2nc3ccc(Cl)cc3c(-c3ccccc3)c2C1.Cl. The number of aromatic nitrogens is 1. The quantitative estimate of drug-likeness (QED) is 0.510. The molecule has 3 heteroatoms. The van der Waals surface area contributed by atoms with Crippen LogP contribution in [-0.2, 0) is 12.8 Å². The molecule has 0 radical (unpaired) electrons. The Kier molecular flexibility index (Phi) is 5.12. The fourth-order valence-corrected chi connectivity index (χ4v) is 3.94. The third kappa shape index (κ3) is 3.03. The highest BCUT2D eigenvalue weighted by Gasteiger charge is 2.23. The van der Waals surface area contributed by atoms with Gasteiger partial charge in [0.15, 0.2) is 0 Å². The maximum atomic E-state index is 6.29. The van der Waals surface area contributed by atoms with Crippen LogP contribution in [0, 0.1) is 5.92 Å². The molecule has 1 aliphatic carbocycles. The molecule has 124 valence electrons. The first-order valence-electron chi connectivity index (χ1n) is 8.42. The van der Waals surface area contributed by atoms with Crippen molar-refractivity contribution in [1.82, 2.24) is 4.98 Å². The van der Waals surface area contributed by atoms with Gasteiger partial charge in [0.2, 0.25) is 0 Å². The molecule has 0 saturated carbocycles. The van der Waals surface area contributed by atoms with Crippen LogP contribution in [0.4, 0.5) is 0 Å². The molecule has 1 aromatic heterocycles. The van der Waals surface area contributed by atoms with Crippen LogP contribution in [0.25, 0.3) is 22.0 Å². The maximum absolute atomic E-state index is 6.29. The minimum absolute atomic E-state index is 0. The van der Waals surface area contributed by atoms with Crippen molar-refractivity contribution >= 4 is 34.9 Å². The number of aryl methyl sites for hydroxylation is 1. The number of nitrogens with zero attached hydrogens (tertiary/aromatic N) is 1.